The molecule has 0 aromatic heterocycles. The van der Waals surface area contributed by atoms with Crippen molar-refractivity contribution in [2.24, 2.45) is 11.7 Å². The number of nitrogens with two attached hydrogens (primary N) is 1. The van der Waals surface area contributed by atoms with Gasteiger partial charge in [-0.1, -0.05) is 12.1 Å². The van der Waals surface area contributed by atoms with Crippen LogP contribution in [0.4, 0.5) is 0 Å². The number of primary amides is 1. The molecule has 23 heavy (non-hydrogen) atoms. The van der Waals surface area contributed by atoms with E-state index in [0.29, 0.717) is 32.5 Å². The Balaban J connectivity index is 1.80. The lowest BCUT2D eigenvalue weighted by Gasteiger charge is -2.30. The molecule has 4 N–H and O–H groups in total. The van der Waals surface area contributed by atoms with Gasteiger partial charge in [-0.15, -0.1) is 0 Å². The van der Waals surface area contributed by atoms with Crippen LogP contribution in [0.3, 0.4) is 0 Å². The summed E-state index contributed by atoms with van der Waals surface area (Å²) in [6.45, 7) is 1.89. The van der Waals surface area contributed by atoms with Crippen molar-refractivity contribution < 1.29 is 19.5 Å². The molecule has 1 aliphatic heterocycles. The number of nitrogens with zero attached hydrogens (tertiary/aromatic N) is 1. The summed E-state index contributed by atoms with van der Waals surface area (Å²) in [4.78, 5) is 35.9. The minimum absolute atomic E-state index is 0.0375. The van der Waals surface area contributed by atoms with E-state index in [2.05, 4.69) is 5.32 Å². The van der Waals surface area contributed by atoms with Gasteiger partial charge in [0.05, 0.1) is 12.1 Å². The lowest BCUT2D eigenvalue weighted by Crippen LogP contribution is -2.43. The molecule has 0 radical (unpaired) electrons. The Morgan fingerprint density at radius 2 is 1.96 bits per heavy atom. The second-order valence-electron chi connectivity index (χ2n) is 5.74. The molecule has 1 heterocycles. The molecule has 1 aromatic rings. The maximum absolute atomic E-state index is 12.2. The van der Waals surface area contributed by atoms with Gasteiger partial charge in [-0.05, 0) is 43.6 Å². The summed E-state index contributed by atoms with van der Waals surface area (Å²) in [6, 6.07) is 6.51. The fourth-order valence-electron chi connectivity index (χ4n) is 2.72. The van der Waals surface area contributed by atoms with E-state index in [-0.39, 0.29) is 29.8 Å². The van der Waals surface area contributed by atoms with Crippen LogP contribution in [0.15, 0.2) is 24.3 Å². The molecule has 0 atom stereocenters. The van der Waals surface area contributed by atoms with Crippen LogP contribution in [0.5, 0.6) is 0 Å². The van der Waals surface area contributed by atoms with Gasteiger partial charge in [0.1, 0.15) is 0 Å². The van der Waals surface area contributed by atoms with Crippen LogP contribution in [0.1, 0.15) is 28.8 Å². The van der Waals surface area contributed by atoms with Crippen LogP contribution in [0.25, 0.3) is 0 Å². The van der Waals surface area contributed by atoms with E-state index < -0.39 is 5.97 Å². The van der Waals surface area contributed by atoms with Crippen LogP contribution in [0, 0.1) is 5.92 Å². The number of hydrogen-bond donors (Lipinski definition) is 3. The van der Waals surface area contributed by atoms with Crippen molar-refractivity contribution >= 4 is 17.8 Å². The highest BCUT2D eigenvalue weighted by Gasteiger charge is 2.25. The summed E-state index contributed by atoms with van der Waals surface area (Å²) < 4.78 is 0. The van der Waals surface area contributed by atoms with Crippen molar-refractivity contribution in [3.63, 3.8) is 0 Å². The Morgan fingerprint density at radius 3 is 2.57 bits per heavy atom. The molecular formula is C16H21N3O4. The summed E-state index contributed by atoms with van der Waals surface area (Å²) in [7, 11) is 0. The molecule has 2 amide bonds. The topological polar surface area (TPSA) is 113 Å². The van der Waals surface area contributed by atoms with E-state index in [4.69, 9.17) is 10.8 Å². The van der Waals surface area contributed by atoms with Crippen molar-refractivity contribution in [3.05, 3.63) is 35.4 Å². The average Bonchev–Trinajstić information content (AvgIpc) is 2.53. The Labute approximate surface area is 134 Å². The maximum atomic E-state index is 12.2. The first-order valence-corrected chi connectivity index (χ1v) is 7.56. The third-order valence-electron chi connectivity index (χ3n) is 3.98. The number of aromatic carboxylic acids is 1. The summed E-state index contributed by atoms with van der Waals surface area (Å²) in [5, 5.41) is 11.8. The number of amides is 2. The van der Waals surface area contributed by atoms with E-state index in [1.54, 1.807) is 18.2 Å². The van der Waals surface area contributed by atoms with Crippen molar-refractivity contribution in [2.45, 2.75) is 19.4 Å². The van der Waals surface area contributed by atoms with Crippen LogP contribution >= 0.6 is 0 Å². The number of rotatable bonds is 6. The third kappa shape index (κ3) is 5.07. The standard InChI is InChI=1S/C16H21N3O4/c17-14(20)10-19-6-4-12(5-7-19)15(21)18-9-11-2-1-3-13(8-11)16(22)23/h1-3,8,12H,4-7,9-10H2,(H2,17,20)(H,18,21)(H,22,23). The molecule has 1 fully saturated rings. The predicted octanol–water partition coefficient (Wildman–Crippen LogP) is 0.198. The van der Waals surface area contributed by atoms with Crippen LogP contribution in [-0.2, 0) is 16.1 Å². The molecule has 0 saturated carbocycles. The Hall–Kier alpha value is -2.41. The van der Waals surface area contributed by atoms with E-state index >= 15 is 0 Å². The number of carbonyl (C=O) groups excluding carboxylic acids is 2. The SMILES string of the molecule is NC(=O)CN1CCC(C(=O)NCc2cccc(C(=O)O)c2)CC1. The van der Waals surface area contributed by atoms with E-state index in [9.17, 15) is 14.4 Å². The first-order valence-electron chi connectivity index (χ1n) is 7.56. The Bertz CT molecular complexity index is 595. The lowest BCUT2D eigenvalue weighted by atomic mass is 9.96. The number of likely N-dealkylation sites (tertiary alicyclic amines) is 1. The third-order valence-corrected chi connectivity index (χ3v) is 3.98. The van der Waals surface area contributed by atoms with Crippen LogP contribution < -0.4 is 11.1 Å². The lowest BCUT2D eigenvalue weighted by molar-refractivity contribution is -0.126. The number of piperidine rings is 1. The van der Waals surface area contributed by atoms with Crippen LogP contribution in [-0.4, -0.2) is 47.4 Å². The van der Waals surface area contributed by atoms with Gasteiger partial charge in [-0.25, -0.2) is 4.79 Å². The van der Waals surface area contributed by atoms with Gasteiger partial charge in [-0.3, -0.25) is 14.5 Å². The Morgan fingerprint density at radius 1 is 1.26 bits per heavy atom. The normalized spacial score (nSPS) is 16.0. The molecule has 124 valence electrons. The summed E-state index contributed by atoms with van der Waals surface area (Å²) in [6.07, 6.45) is 1.38. The molecule has 0 unspecified atom stereocenters. The molecule has 1 aromatic carbocycles. The number of hydrogen-bond acceptors (Lipinski definition) is 4. The first kappa shape index (κ1) is 17.0. The van der Waals surface area contributed by atoms with Gasteiger partial charge in [0.15, 0.2) is 0 Å². The molecule has 7 heteroatoms. The second-order valence-corrected chi connectivity index (χ2v) is 5.74. The first-order chi connectivity index (χ1) is 11.0. The van der Waals surface area contributed by atoms with Gasteiger partial charge >= 0.3 is 5.97 Å². The van der Waals surface area contributed by atoms with E-state index in [0.717, 1.165) is 5.56 Å². The summed E-state index contributed by atoms with van der Waals surface area (Å²) in [5.74, 6) is -1.46. The number of carbonyl (C=O) groups is 3. The number of nitrogens with one attached hydrogen (secondary N) is 1. The molecule has 1 aliphatic rings. The summed E-state index contributed by atoms with van der Waals surface area (Å²) >= 11 is 0. The predicted molar refractivity (Wildman–Crippen MR) is 83.6 cm³/mol. The molecular weight excluding hydrogens is 298 g/mol. The smallest absolute Gasteiger partial charge is 0.335 e. The molecule has 0 aliphatic carbocycles. The van der Waals surface area contributed by atoms with Gasteiger partial charge < -0.3 is 16.2 Å². The molecule has 7 nitrogen and oxygen atoms in total. The fourth-order valence-corrected chi connectivity index (χ4v) is 2.72. The quantitative estimate of drug-likeness (QED) is 0.693. The molecule has 0 spiro atoms. The maximum Gasteiger partial charge on any atom is 0.335 e. The van der Waals surface area contributed by atoms with E-state index in [1.165, 1.54) is 6.07 Å². The Kier molecular flexibility index (Phi) is 5.70. The second kappa shape index (κ2) is 7.73. The van der Waals surface area contributed by atoms with E-state index in [1.807, 2.05) is 4.90 Å². The number of benzene rings is 1. The van der Waals surface area contributed by atoms with Gasteiger partial charge in [0, 0.05) is 12.5 Å². The van der Waals surface area contributed by atoms with Crippen molar-refractivity contribution in [3.8, 4) is 0 Å². The monoisotopic (exact) mass is 319 g/mol. The molecule has 2 rings (SSSR count). The number of carboxylic acids is 1. The largest absolute Gasteiger partial charge is 0.478 e. The van der Waals surface area contributed by atoms with Gasteiger partial charge in [0.25, 0.3) is 0 Å². The average molecular weight is 319 g/mol. The fraction of sp³-hybridized carbons (Fsp3) is 0.438. The minimum Gasteiger partial charge on any atom is -0.478 e. The zero-order valence-corrected chi connectivity index (χ0v) is 12.8. The highest BCUT2D eigenvalue weighted by Crippen LogP contribution is 2.17. The zero-order valence-electron chi connectivity index (χ0n) is 12.8. The highest BCUT2D eigenvalue weighted by molar-refractivity contribution is 5.87. The number of carboxylic acid groups (broad SMARTS) is 1. The molecule has 1 saturated heterocycles. The van der Waals surface area contributed by atoms with Crippen LogP contribution in [0.2, 0.25) is 0 Å². The zero-order chi connectivity index (χ0) is 16.8. The molecule has 0 bridgehead atoms. The van der Waals surface area contributed by atoms with Gasteiger partial charge in [0.2, 0.25) is 11.8 Å². The van der Waals surface area contributed by atoms with Crippen molar-refractivity contribution in [1.29, 1.82) is 0 Å². The van der Waals surface area contributed by atoms with Gasteiger partial charge in [-0.2, -0.15) is 0 Å². The van der Waals surface area contributed by atoms with Crippen molar-refractivity contribution in [1.82, 2.24) is 10.2 Å². The minimum atomic E-state index is -0.986. The highest BCUT2D eigenvalue weighted by atomic mass is 16.4. The summed E-state index contributed by atoms with van der Waals surface area (Å²) in [5.41, 5.74) is 6.12. The van der Waals surface area contributed by atoms with Crippen molar-refractivity contribution in [2.75, 3.05) is 19.6 Å².